The van der Waals surface area contributed by atoms with Crippen molar-refractivity contribution in [3.63, 3.8) is 0 Å². The number of ketones is 1. The number of fused-ring (bicyclic) bond motifs is 1. The van der Waals surface area contributed by atoms with Crippen LogP contribution in [0.5, 0.6) is 0 Å². The maximum atomic E-state index is 13.0. The lowest BCUT2D eigenvalue weighted by Gasteiger charge is -2.27. The van der Waals surface area contributed by atoms with E-state index in [0.29, 0.717) is 12.1 Å². The number of carbonyl (C=O) groups is 1. The monoisotopic (exact) mass is 344 g/mol. The molecule has 0 bridgehead atoms. The van der Waals surface area contributed by atoms with Crippen LogP contribution < -0.4 is 4.31 Å². The zero-order valence-corrected chi connectivity index (χ0v) is 14.3. The minimum Gasteiger partial charge on any atom is -0.590 e. The van der Waals surface area contributed by atoms with Gasteiger partial charge in [0.25, 0.3) is 4.93 Å². The highest BCUT2D eigenvalue weighted by atomic mass is 32.2. The van der Waals surface area contributed by atoms with E-state index in [4.69, 9.17) is 0 Å². The number of para-hydroxylation sites is 1. The number of benzene rings is 1. The Morgan fingerprint density at radius 1 is 1.29 bits per heavy atom. The number of aliphatic hydroxyl groups is 1. The summed E-state index contributed by atoms with van der Waals surface area (Å²) in [4.78, 5) is 14.8. The summed E-state index contributed by atoms with van der Waals surface area (Å²) in [6, 6.07) is 12.3. The SMILES string of the molecule is CCCCN1c2ccccc2C(O)(CC(=O)c2ccccn2)[S+]1[O-]. The van der Waals surface area contributed by atoms with E-state index in [1.165, 1.54) is 6.20 Å². The maximum absolute atomic E-state index is 13.0. The third-order valence-corrected chi connectivity index (χ3v) is 5.87. The summed E-state index contributed by atoms with van der Waals surface area (Å²) in [5.74, 6) is -0.321. The van der Waals surface area contributed by atoms with Crippen LogP contribution in [0.4, 0.5) is 5.69 Å². The van der Waals surface area contributed by atoms with E-state index in [0.717, 1.165) is 18.5 Å². The molecule has 0 spiro atoms. The van der Waals surface area contributed by atoms with Crippen LogP contribution in [0.15, 0.2) is 48.7 Å². The second-order valence-corrected chi connectivity index (χ2v) is 7.44. The van der Waals surface area contributed by atoms with Gasteiger partial charge < -0.3 is 9.66 Å². The smallest absolute Gasteiger partial charge is 0.284 e. The molecule has 2 unspecified atom stereocenters. The molecule has 24 heavy (non-hydrogen) atoms. The van der Waals surface area contributed by atoms with Gasteiger partial charge in [-0.2, -0.15) is 4.31 Å². The standard InChI is InChI=1S/C18H20N2O3S/c1-2-3-12-20-16-10-5-4-8-14(16)18(22,24(20)23)13-17(21)15-9-6-7-11-19-15/h4-11,22H,2-3,12-13H2,1H3. The Morgan fingerprint density at radius 2 is 2.04 bits per heavy atom. The predicted octanol–water partition coefficient (Wildman–Crippen LogP) is 2.78. The van der Waals surface area contributed by atoms with Crippen LogP contribution in [0.3, 0.4) is 0 Å². The van der Waals surface area contributed by atoms with Gasteiger partial charge in [0.15, 0.2) is 5.78 Å². The minimum absolute atomic E-state index is 0.254. The largest absolute Gasteiger partial charge is 0.590 e. The Morgan fingerprint density at radius 3 is 2.75 bits per heavy atom. The van der Waals surface area contributed by atoms with Gasteiger partial charge in [0, 0.05) is 6.20 Å². The molecule has 5 nitrogen and oxygen atoms in total. The summed E-state index contributed by atoms with van der Waals surface area (Å²) in [7, 11) is 0. The van der Waals surface area contributed by atoms with Crippen molar-refractivity contribution in [3.8, 4) is 0 Å². The molecule has 1 aromatic heterocycles. The quantitative estimate of drug-likeness (QED) is 0.644. The van der Waals surface area contributed by atoms with Crippen LogP contribution in [0.1, 0.15) is 42.2 Å². The van der Waals surface area contributed by atoms with Crippen molar-refractivity contribution in [1.82, 2.24) is 4.98 Å². The molecule has 0 amide bonds. The molecule has 0 saturated heterocycles. The normalized spacial score (nSPS) is 22.5. The fraction of sp³-hybridized carbons (Fsp3) is 0.333. The minimum atomic E-state index is -1.72. The molecule has 1 aliphatic heterocycles. The van der Waals surface area contributed by atoms with Gasteiger partial charge in [-0.25, -0.2) is 0 Å². The first-order valence-electron chi connectivity index (χ1n) is 8.03. The van der Waals surface area contributed by atoms with Crippen molar-refractivity contribution in [1.29, 1.82) is 0 Å². The van der Waals surface area contributed by atoms with E-state index in [2.05, 4.69) is 11.9 Å². The van der Waals surface area contributed by atoms with Gasteiger partial charge in [-0.15, -0.1) is 0 Å². The summed E-state index contributed by atoms with van der Waals surface area (Å²) in [5, 5.41) is 11.1. The molecule has 3 rings (SSSR count). The maximum Gasteiger partial charge on any atom is 0.284 e. The molecule has 1 aliphatic rings. The van der Waals surface area contributed by atoms with E-state index < -0.39 is 16.3 Å². The number of Topliss-reactive ketones (excluding diaryl/α,β-unsaturated/α-hetero) is 1. The first kappa shape index (κ1) is 17.0. The Kier molecular flexibility index (Phi) is 4.89. The average Bonchev–Trinajstić information content (AvgIpc) is 2.82. The number of carbonyl (C=O) groups excluding carboxylic acids is 1. The first-order valence-corrected chi connectivity index (χ1v) is 9.14. The van der Waals surface area contributed by atoms with Crippen LogP contribution >= 0.6 is 0 Å². The van der Waals surface area contributed by atoms with E-state index in [1.807, 2.05) is 12.1 Å². The lowest BCUT2D eigenvalue weighted by Crippen LogP contribution is -2.41. The van der Waals surface area contributed by atoms with Gasteiger partial charge in [-0.1, -0.05) is 31.5 Å². The highest BCUT2D eigenvalue weighted by molar-refractivity contribution is 7.94. The summed E-state index contributed by atoms with van der Waals surface area (Å²) >= 11 is -1.72. The van der Waals surface area contributed by atoms with Crippen LogP contribution in [0.25, 0.3) is 0 Å². The Balaban J connectivity index is 1.92. The fourth-order valence-corrected chi connectivity index (χ4v) is 4.50. The van der Waals surface area contributed by atoms with Gasteiger partial charge in [-0.3, -0.25) is 9.78 Å². The first-order chi connectivity index (χ1) is 11.6. The molecular weight excluding hydrogens is 324 g/mol. The van der Waals surface area contributed by atoms with E-state index in [9.17, 15) is 14.5 Å². The summed E-state index contributed by atoms with van der Waals surface area (Å²) in [6.45, 7) is 2.64. The highest BCUT2D eigenvalue weighted by Gasteiger charge is 2.56. The van der Waals surface area contributed by atoms with Gasteiger partial charge in [0.1, 0.15) is 17.1 Å². The summed E-state index contributed by atoms with van der Waals surface area (Å²) in [6.07, 6.45) is 3.10. The zero-order chi connectivity index (χ0) is 17.2. The van der Waals surface area contributed by atoms with E-state index in [1.54, 1.807) is 34.6 Å². The summed E-state index contributed by atoms with van der Waals surface area (Å²) in [5.41, 5.74) is 1.55. The molecule has 1 N–H and O–H groups in total. The van der Waals surface area contributed by atoms with Gasteiger partial charge in [0.05, 0.1) is 24.2 Å². The average molecular weight is 344 g/mol. The number of rotatable bonds is 6. The number of anilines is 1. The van der Waals surface area contributed by atoms with Crippen molar-refractivity contribution in [2.75, 3.05) is 10.8 Å². The highest BCUT2D eigenvalue weighted by Crippen LogP contribution is 2.47. The van der Waals surface area contributed by atoms with Crippen LogP contribution in [0, 0.1) is 0 Å². The molecule has 6 heteroatoms. The van der Waals surface area contributed by atoms with E-state index in [-0.39, 0.29) is 17.9 Å². The number of hydrogen-bond donors (Lipinski definition) is 1. The number of nitrogens with zero attached hydrogens (tertiary/aromatic N) is 2. The zero-order valence-electron chi connectivity index (χ0n) is 13.5. The lowest BCUT2D eigenvalue weighted by molar-refractivity contribution is 0.0780. The van der Waals surface area contributed by atoms with Crippen LogP contribution in [-0.2, 0) is 16.3 Å². The van der Waals surface area contributed by atoms with Gasteiger partial charge in [0.2, 0.25) is 0 Å². The molecular formula is C18H20N2O3S. The molecule has 2 heterocycles. The third-order valence-electron chi connectivity index (χ3n) is 4.15. The second kappa shape index (κ2) is 6.93. The summed E-state index contributed by atoms with van der Waals surface area (Å²) < 4.78 is 14.7. The van der Waals surface area contributed by atoms with Gasteiger partial charge in [-0.05, 0) is 30.7 Å². The topological polar surface area (TPSA) is 76.5 Å². The number of unbranched alkanes of at least 4 members (excludes halogenated alkanes) is 1. The Hall–Kier alpha value is -1.89. The molecule has 0 fully saturated rings. The third kappa shape index (κ3) is 2.92. The van der Waals surface area contributed by atoms with Crippen molar-refractivity contribution in [2.24, 2.45) is 0 Å². The molecule has 126 valence electrons. The Bertz CT molecular complexity index is 725. The van der Waals surface area contributed by atoms with Gasteiger partial charge >= 0.3 is 0 Å². The van der Waals surface area contributed by atoms with E-state index >= 15 is 0 Å². The number of pyridine rings is 1. The van der Waals surface area contributed by atoms with Crippen molar-refractivity contribution in [3.05, 3.63) is 59.9 Å². The predicted molar refractivity (Wildman–Crippen MR) is 93.9 cm³/mol. The van der Waals surface area contributed by atoms with Crippen LogP contribution in [-0.4, -0.2) is 27.0 Å². The molecule has 0 aliphatic carbocycles. The number of aromatic nitrogens is 1. The van der Waals surface area contributed by atoms with Crippen molar-refractivity contribution in [2.45, 2.75) is 31.1 Å². The molecule has 1 aromatic carbocycles. The van der Waals surface area contributed by atoms with Crippen molar-refractivity contribution < 1.29 is 14.5 Å². The van der Waals surface area contributed by atoms with Crippen molar-refractivity contribution >= 4 is 22.8 Å². The fourth-order valence-electron chi connectivity index (χ4n) is 2.89. The second-order valence-electron chi connectivity index (χ2n) is 5.82. The Labute approximate surface area is 144 Å². The lowest BCUT2D eigenvalue weighted by atomic mass is 10.00. The molecule has 0 saturated carbocycles. The number of hydrogen-bond acceptors (Lipinski definition) is 5. The van der Waals surface area contributed by atoms with Crippen LogP contribution in [0.2, 0.25) is 0 Å². The molecule has 0 radical (unpaired) electrons. The molecule has 2 aromatic rings. The molecule has 2 atom stereocenters.